The van der Waals surface area contributed by atoms with Crippen LogP contribution in [-0.4, -0.2) is 17.0 Å². The summed E-state index contributed by atoms with van der Waals surface area (Å²) in [6, 6.07) is 16.0. The average molecular weight is 372 g/mol. The average Bonchev–Trinajstić information content (AvgIpc) is 2.92. The number of anilines is 1. The van der Waals surface area contributed by atoms with E-state index in [1.165, 1.54) is 0 Å². The van der Waals surface area contributed by atoms with E-state index in [9.17, 15) is 14.7 Å². The Balaban J connectivity index is 2.03. The summed E-state index contributed by atoms with van der Waals surface area (Å²) in [4.78, 5) is 24.2. The summed E-state index contributed by atoms with van der Waals surface area (Å²) >= 11 is 7.35. The first-order chi connectivity index (χ1) is 12.0. The fourth-order valence-electron chi connectivity index (χ4n) is 2.44. The molecule has 0 aliphatic carbocycles. The lowest BCUT2D eigenvalue weighted by atomic mass is 10.0. The van der Waals surface area contributed by atoms with Crippen LogP contribution in [0.1, 0.15) is 26.3 Å². The van der Waals surface area contributed by atoms with E-state index < -0.39 is 5.97 Å². The molecule has 6 heteroatoms. The number of rotatable bonds is 4. The van der Waals surface area contributed by atoms with Gasteiger partial charge in [0.2, 0.25) is 0 Å². The van der Waals surface area contributed by atoms with Gasteiger partial charge in [0.25, 0.3) is 5.91 Å². The van der Waals surface area contributed by atoms with Crippen LogP contribution in [0.4, 0.5) is 5.00 Å². The molecule has 0 spiro atoms. The molecule has 0 saturated carbocycles. The highest BCUT2D eigenvalue weighted by atomic mass is 35.5. The van der Waals surface area contributed by atoms with Gasteiger partial charge in [0, 0.05) is 11.1 Å². The zero-order chi connectivity index (χ0) is 18.0. The summed E-state index contributed by atoms with van der Waals surface area (Å²) in [6.07, 6.45) is 0. The predicted octanol–water partition coefficient (Wildman–Crippen LogP) is 5.33. The van der Waals surface area contributed by atoms with E-state index in [0.29, 0.717) is 21.0 Å². The van der Waals surface area contributed by atoms with Crippen LogP contribution in [0.3, 0.4) is 0 Å². The van der Waals surface area contributed by atoms with Crippen molar-refractivity contribution in [3.63, 3.8) is 0 Å². The number of carbonyl (C=O) groups excluding carboxylic acids is 1. The molecule has 2 aromatic carbocycles. The number of thiophene rings is 1. The number of carboxylic acid groups (broad SMARTS) is 1. The smallest absolute Gasteiger partial charge is 0.339 e. The Hall–Kier alpha value is -2.63. The van der Waals surface area contributed by atoms with E-state index >= 15 is 0 Å². The van der Waals surface area contributed by atoms with Gasteiger partial charge in [-0.25, -0.2) is 4.79 Å². The molecule has 0 fully saturated rings. The second-order valence-corrected chi connectivity index (χ2v) is 7.07. The molecule has 2 N–H and O–H groups in total. The van der Waals surface area contributed by atoms with Crippen LogP contribution >= 0.6 is 22.9 Å². The summed E-state index contributed by atoms with van der Waals surface area (Å²) in [5, 5.41) is 12.5. The summed E-state index contributed by atoms with van der Waals surface area (Å²) < 4.78 is 0.324. The van der Waals surface area contributed by atoms with Gasteiger partial charge in [-0.05, 0) is 24.6 Å². The van der Waals surface area contributed by atoms with Crippen molar-refractivity contribution >= 4 is 39.8 Å². The van der Waals surface area contributed by atoms with Crippen molar-refractivity contribution in [2.24, 2.45) is 0 Å². The highest BCUT2D eigenvalue weighted by molar-refractivity contribution is 7.21. The van der Waals surface area contributed by atoms with Crippen LogP contribution in [0.15, 0.2) is 54.6 Å². The van der Waals surface area contributed by atoms with Gasteiger partial charge in [0.1, 0.15) is 14.9 Å². The molecule has 1 aromatic heterocycles. The molecule has 0 aliphatic rings. The van der Waals surface area contributed by atoms with Crippen LogP contribution < -0.4 is 5.32 Å². The van der Waals surface area contributed by atoms with Crippen molar-refractivity contribution in [2.45, 2.75) is 6.92 Å². The number of aryl methyl sites for hydroxylation is 1. The first-order valence-corrected chi connectivity index (χ1v) is 8.66. The summed E-state index contributed by atoms with van der Waals surface area (Å²) in [6.45, 7) is 1.95. The molecule has 1 amide bonds. The minimum atomic E-state index is -1.14. The summed E-state index contributed by atoms with van der Waals surface area (Å²) in [5.74, 6) is -1.52. The predicted molar refractivity (Wildman–Crippen MR) is 101 cm³/mol. The molecule has 4 nitrogen and oxygen atoms in total. The lowest BCUT2D eigenvalue weighted by Gasteiger charge is -2.06. The maximum absolute atomic E-state index is 12.4. The molecular formula is C19H14ClNO3S. The number of hydrogen-bond acceptors (Lipinski definition) is 3. The van der Waals surface area contributed by atoms with Gasteiger partial charge in [-0.2, -0.15) is 0 Å². The Bertz CT molecular complexity index is 933. The molecule has 0 unspecified atom stereocenters. The highest BCUT2D eigenvalue weighted by Gasteiger charge is 2.25. The van der Waals surface area contributed by atoms with Gasteiger partial charge < -0.3 is 10.4 Å². The molecule has 3 rings (SSSR count). The van der Waals surface area contributed by atoms with E-state index in [1.54, 1.807) is 30.3 Å². The molecule has 0 bridgehead atoms. The first-order valence-electron chi connectivity index (χ1n) is 7.46. The number of carbonyl (C=O) groups is 2. The zero-order valence-electron chi connectivity index (χ0n) is 13.2. The van der Waals surface area contributed by atoms with Crippen LogP contribution in [-0.2, 0) is 0 Å². The van der Waals surface area contributed by atoms with Crippen LogP contribution in [0.2, 0.25) is 4.34 Å². The molecule has 3 aromatic rings. The van der Waals surface area contributed by atoms with Gasteiger partial charge in [-0.3, -0.25) is 4.79 Å². The highest BCUT2D eigenvalue weighted by Crippen LogP contribution is 2.43. The maximum atomic E-state index is 12.4. The van der Waals surface area contributed by atoms with Crippen molar-refractivity contribution in [1.29, 1.82) is 0 Å². The third-order valence-corrected chi connectivity index (χ3v) is 5.00. The third kappa shape index (κ3) is 3.57. The lowest BCUT2D eigenvalue weighted by molar-refractivity contribution is 0.0699. The number of aromatic carboxylic acids is 1. The Kier molecular flexibility index (Phi) is 4.88. The van der Waals surface area contributed by atoms with E-state index in [2.05, 4.69) is 5.32 Å². The van der Waals surface area contributed by atoms with Crippen LogP contribution in [0, 0.1) is 6.92 Å². The molecule has 0 radical (unpaired) electrons. The minimum absolute atomic E-state index is 0.00290. The normalized spacial score (nSPS) is 10.5. The number of amides is 1. The summed E-state index contributed by atoms with van der Waals surface area (Å²) in [7, 11) is 0. The molecule has 25 heavy (non-hydrogen) atoms. The van der Waals surface area contributed by atoms with Gasteiger partial charge in [0.15, 0.2) is 0 Å². The van der Waals surface area contributed by atoms with E-state index in [4.69, 9.17) is 11.6 Å². The Labute approximate surface area is 153 Å². The van der Waals surface area contributed by atoms with E-state index in [0.717, 1.165) is 16.9 Å². The molecule has 1 heterocycles. The number of carboxylic acids is 1. The maximum Gasteiger partial charge on any atom is 0.339 e. The fraction of sp³-hybridized carbons (Fsp3) is 0.0526. The van der Waals surface area contributed by atoms with Crippen molar-refractivity contribution in [3.8, 4) is 11.1 Å². The van der Waals surface area contributed by atoms with Crippen molar-refractivity contribution in [1.82, 2.24) is 0 Å². The van der Waals surface area contributed by atoms with Crippen LogP contribution in [0.5, 0.6) is 0 Å². The number of nitrogens with one attached hydrogen (secondary N) is 1. The zero-order valence-corrected chi connectivity index (χ0v) is 14.8. The summed E-state index contributed by atoms with van der Waals surface area (Å²) in [5.41, 5.74) is 2.62. The van der Waals surface area contributed by atoms with Crippen molar-refractivity contribution < 1.29 is 14.7 Å². The SMILES string of the molecule is Cc1ccc(-c2c(Cl)sc(NC(=O)c3ccccc3)c2C(=O)O)cc1. The molecule has 0 atom stereocenters. The fourth-order valence-corrected chi connectivity index (χ4v) is 3.81. The largest absolute Gasteiger partial charge is 0.478 e. The number of hydrogen-bond donors (Lipinski definition) is 2. The van der Waals surface area contributed by atoms with Gasteiger partial charge >= 0.3 is 5.97 Å². The standard InChI is InChI=1S/C19H14ClNO3S/c1-11-7-9-12(10-8-11)14-15(19(23)24)18(25-16(14)20)21-17(22)13-5-3-2-4-6-13/h2-10H,1H3,(H,21,22)(H,23,24). The Morgan fingerprint density at radius 3 is 2.28 bits per heavy atom. The molecular weight excluding hydrogens is 358 g/mol. The first kappa shape index (κ1) is 17.2. The second kappa shape index (κ2) is 7.09. The number of halogens is 1. The quantitative estimate of drug-likeness (QED) is 0.651. The monoisotopic (exact) mass is 371 g/mol. The van der Waals surface area contributed by atoms with Crippen LogP contribution in [0.25, 0.3) is 11.1 Å². The third-order valence-electron chi connectivity index (χ3n) is 3.68. The molecule has 126 valence electrons. The number of benzene rings is 2. The lowest BCUT2D eigenvalue weighted by Crippen LogP contribution is -2.13. The minimum Gasteiger partial charge on any atom is -0.478 e. The van der Waals surface area contributed by atoms with Crippen molar-refractivity contribution in [2.75, 3.05) is 5.32 Å². The van der Waals surface area contributed by atoms with Gasteiger partial charge in [-0.1, -0.05) is 59.6 Å². The second-order valence-electron chi connectivity index (χ2n) is 5.45. The Morgan fingerprint density at radius 2 is 1.68 bits per heavy atom. The molecule has 0 saturated heterocycles. The van der Waals surface area contributed by atoms with Crippen molar-refractivity contribution in [3.05, 3.63) is 75.6 Å². The molecule has 0 aliphatic heterocycles. The Morgan fingerprint density at radius 1 is 1.04 bits per heavy atom. The van der Waals surface area contributed by atoms with E-state index in [-0.39, 0.29) is 16.5 Å². The topological polar surface area (TPSA) is 66.4 Å². The van der Waals surface area contributed by atoms with Gasteiger partial charge in [-0.15, -0.1) is 11.3 Å². The van der Waals surface area contributed by atoms with Gasteiger partial charge in [0.05, 0.1) is 0 Å². The van der Waals surface area contributed by atoms with E-state index in [1.807, 2.05) is 31.2 Å².